The predicted molar refractivity (Wildman–Crippen MR) is 106 cm³/mol. The van der Waals surface area contributed by atoms with Gasteiger partial charge in [0.2, 0.25) is 0 Å². The van der Waals surface area contributed by atoms with E-state index in [9.17, 15) is 9.59 Å². The van der Waals surface area contributed by atoms with Crippen LogP contribution < -0.4 is 16.0 Å². The first kappa shape index (κ1) is 20.8. The molecule has 144 valence electrons. The number of halogens is 2. The number of benzene rings is 1. The van der Waals surface area contributed by atoms with Gasteiger partial charge in [-0.05, 0) is 56.1 Å². The maximum atomic E-state index is 12.3. The van der Waals surface area contributed by atoms with Crippen molar-refractivity contribution in [1.82, 2.24) is 16.0 Å². The van der Waals surface area contributed by atoms with Crippen molar-refractivity contribution < 1.29 is 9.59 Å². The van der Waals surface area contributed by atoms with E-state index in [-0.39, 0.29) is 11.9 Å². The minimum atomic E-state index is -0.186. The van der Waals surface area contributed by atoms with Gasteiger partial charge >= 0.3 is 6.03 Å². The zero-order valence-electron chi connectivity index (χ0n) is 15.1. The molecule has 1 saturated carbocycles. The van der Waals surface area contributed by atoms with Crippen LogP contribution in [0.3, 0.4) is 0 Å². The van der Waals surface area contributed by atoms with Crippen molar-refractivity contribution in [2.24, 2.45) is 11.8 Å². The van der Waals surface area contributed by atoms with E-state index in [2.05, 4.69) is 16.0 Å². The number of amides is 3. The summed E-state index contributed by atoms with van der Waals surface area (Å²) in [6.45, 7) is 4.08. The molecular weight excluding hydrogens is 373 g/mol. The maximum absolute atomic E-state index is 12.3. The highest BCUT2D eigenvalue weighted by molar-refractivity contribution is 6.43. The third-order valence-electron chi connectivity index (χ3n) is 4.80. The molecule has 0 unspecified atom stereocenters. The third kappa shape index (κ3) is 6.36. The van der Waals surface area contributed by atoms with Gasteiger partial charge in [-0.3, -0.25) is 4.79 Å². The van der Waals surface area contributed by atoms with Crippen molar-refractivity contribution in [3.63, 3.8) is 0 Å². The molecule has 0 aliphatic heterocycles. The summed E-state index contributed by atoms with van der Waals surface area (Å²) in [7, 11) is 0. The Balaban J connectivity index is 1.68. The Hall–Kier alpha value is -1.46. The molecule has 3 N–H and O–H groups in total. The molecule has 1 aliphatic rings. The molecule has 0 spiro atoms. The summed E-state index contributed by atoms with van der Waals surface area (Å²) in [4.78, 5) is 23.9. The van der Waals surface area contributed by atoms with E-state index in [1.165, 1.54) is 0 Å². The van der Waals surface area contributed by atoms with Crippen molar-refractivity contribution in [3.8, 4) is 0 Å². The van der Waals surface area contributed by atoms with Crippen molar-refractivity contribution >= 4 is 35.1 Å². The lowest BCUT2D eigenvalue weighted by molar-refractivity contribution is 0.0941. The molecule has 1 fully saturated rings. The molecule has 0 saturated heterocycles. The van der Waals surface area contributed by atoms with Gasteiger partial charge in [-0.1, -0.05) is 36.2 Å². The first-order valence-corrected chi connectivity index (χ1v) is 10.0. The van der Waals surface area contributed by atoms with Crippen molar-refractivity contribution in [2.45, 2.75) is 39.0 Å². The SMILES string of the molecule is CCCNC(=O)NCC1CCC(CNC(=O)c2cccc(Cl)c2Cl)CC1. The largest absolute Gasteiger partial charge is 0.352 e. The molecule has 0 bridgehead atoms. The van der Waals surface area contributed by atoms with E-state index in [1.807, 2.05) is 6.92 Å². The van der Waals surface area contributed by atoms with Crippen LogP contribution in [0.25, 0.3) is 0 Å². The first-order valence-electron chi connectivity index (χ1n) is 9.25. The standard InChI is InChI=1S/C19H27Cl2N3O2/c1-2-10-22-19(26)24-12-14-8-6-13(7-9-14)11-23-18(25)15-4-3-5-16(20)17(15)21/h3-5,13-14H,2,6-12H2,1H3,(H,23,25)(H2,22,24,26). The van der Waals surface area contributed by atoms with E-state index in [0.717, 1.165) is 32.1 Å². The zero-order valence-corrected chi connectivity index (χ0v) is 16.6. The lowest BCUT2D eigenvalue weighted by Crippen LogP contribution is -2.39. The first-order chi connectivity index (χ1) is 12.5. The van der Waals surface area contributed by atoms with Crippen molar-refractivity contribution in [1.29, 1.82) is 0 Å². The molecular formula is C19H27Cl2N3O2. The van der Waals surface area contributed by atoms with Gasteiger partial charge in [0.1, 0.15) is 0 Å². The molecule has 7 heteroatoms. The van der Waals surface area contributed by atoms with E-state index in [0.29, 0.717) is 47.1 Å². The van der Waals surface area contributed by atoms with Gasteiger partial charge in [-0.15, -0.1) is 0 Å². The summed E-state index contributed by atoms with van der Waals surface area (Å²) in [6, 6.07) is 4.98. The molecule has 5 nitrogen and oxygen atoms in total. The Bertz CT molecular complexity index is 617. The van der Waals surface area contributed by atoms with Crippen LogP contribution >= 0.6 is 23.2 Å². The number of carbonyl (C=O) groups is 2. The quantitative estimate of drug-likeness (QED) is 0.641. The van der Waals surface area contributed by atoms with Crippen LogP contribution in [0.4, 0.5) is 4.79 Å². The van der Waals surface area contributed by atoms with Crippen LogP contribution in [0.5, 0.6) is 0 Å². The van der Waals surface area contributed by atoms with E-state index < -0.39 is 0 Å². The van der Waals surface area contributed by atoms with E-state index in [1.54, 1.807) is 18.2 Å². The van der Waals surface area contributed by atoms with Crippen LogP contribution in [-0.2, 0) is 0 Å². The molecule has 26 heavy (non-hydrogen) atoms. The van der Waals surface area contributed by atoms with Crippen molar-refractivity contribution in [3.05, 3.63) is 33.8 Å². The molecule has 1 aromatic carbocycles. The topological polar surface area (TPSA) is 70.2 Å². The predicted octanol–water partition coefficient (Wildman–Crippen LogP) is 4.24. The van der Waals surface area contributed by atoms with Crippen molar-refractivity contribution in [2.75, 3.05) is 19.6 Å². The average molecular weight is 400 g/mol. The normalized spacial score (nSPS) is 19.7. The maximum Gasteiger partial charge on any atom is 0.314 e. The number of hydrogen-bond donors (Lipinski definition) is 3. The highest BCUT2D eigenvalue weighted by Crippen LogP contribution is 2.28. The number of hydrogen-bond acceptors (Lipinski definition) is 2. The fraction of sp³-hybridized carbons (Fsp3) is 0.579. The second-order valence-corrected chi connectivity index (χ2v) is 7.62. The van der Waals surface area contributed by atoms with Gasteiger partial charge < -0.3 is 16.0 Å². The molecule has 0 aromatic heterocycles. The Morgan fingerprint density at radius 1 is 1.00 bits per heavy atom. The Morgan fingerprint density at radius 2 is 1.62 bits per heavy atom. The molecule has 0 radical (unpaired) electrons. The van der Waals surface area contributed by atoms with Gasteiger partial charge in [-0.2, -0.15) is 0 Å². The molecule has 2 rings (SSSR count). The smallest absolute Gasteiger partial charge is 0.314 e. The van der Waals surface area contributed by atoms with Gasteiger partial charge in [0, 0.05) is 19.6 Å². The minimum Gasteiger partial charge on any atom is -0.352 e. The van der Waals surface area contributed by atoms with Gasteiger partial charge in [0.05, 0.1) is 15.6 Å². The molecule has 3 amide bonds. The van der Waals surface area contributed by atoms with Crippen LogP contribution in [0.15, 0.2) is 18.2 Å². The fourth-order valence-corrected chi connectivity index (χ4v) is 3.58. The van der Waals surface area contributed by atoms with E-state index in [4.69, 9.17) is 23.2 Å². The molecule has 0 atom stereocenters. The third-order valence-corrected chi connectivity index (χ3v) is 5.62. The second-order valence-electron chi connectivity index (χ2n) is 6.83. The van der Waals surface area contributed by atoms with Crippen LogP contribution in [0.2, 0.25) is 10.0 Å². The molecule has 1 aliphatic carbocycles. The van der Waals surface area contributed by atoms with Gasteiger partial charge in [0.15, 0.2) is 0 Å². The lowest BCUT2D eigenvalue weighted by atomic mass is 9.82. The summed E-state index contributed by atoms with van der Waals surface area (Å²) >= 11 is 12.0. The average Bonchev–Trinajstić information content (AvgIpc) is 2.65. The number of rotatable bonds is 7. The Morgan fingerprint density at radius 3 is 2.23 bits per heavy atom. The zero-order chi connectivity index (χ0) is 18.9. The number of urea groups is 1. The van der Waals surface area contributed by atoms with Crippen LogP contribution in [-0.4, -0.2) is 31.6 Å². The molecule has 0 heterocycles. The summed E-state index contributed by atoms with van der Waals surface area (Å²) < 4.78 is 0. The fourth-order valence-electron chi connectivity index (χ4n) is 3.19. The summed E-state index contributed by atoms with van der Waals surface area (Å²) in [5, 5.41) is 9.40. The second kappa shape index (κ2) is 10.6. The van der Waals surface area contributed by atoms with Crippen LogP contribution in [0.1, 0.15) is 49.4 Å². The lowest BCUT2D eigenvalue weighted by Gasteiger charge is -2.28. The number of nitrogens with one attached hydrogen (secondary N) is 3. The highest BCUT2D eigenvalue weighted by atomic mass is 35.5. The Labute approximate surface area is 165 Å². The highest BCUT2D eigenvalue weighted by Gasteiger charge is 2.22. The molecule has 1 aromatic rings. The van der Waals surface area contributed by atoms with Crippen LogP contribution in [0, 0.1) is 11.8 Å². The number of carbonyl (C=O) groups excluding carboxylic acids is 2. The summed E-state index contributed by atoms with van der Waals surface area (Å²) in [5.74, 6) is 0.785. The summed E-state index contributed by atoms with van der Waals surface area (Å²) in [5.41, 5.74) is 0.412. The minimum absolute atomic E-state index is 0.0837. The van der Waals surface area contributed by atoms with Gasteiger partial charge in [0.25, 0.3) is 5.91 Å². The monoisotopic (exact) mass is 399 g/mol. The Kier molecular flexibility index (Phi) is 8.52. The summed E-state index contributed by atoms with van der Waals surface area (Å²) in [6.07, 6.45) is 5.16. The van der Waals surface area contributed by atoms with E-state index >= 15 is 0 Å². The van der Waals surface area contributed by atoms with Gasteiger partial charge in [-0.25, -0.2) is 4.79 Å².